The molecule has 0 atom stereocenters. The topological polar surface area (TPSA) is 86.8 Å². The van der Waals surface area contributed by atoms with Crippen LogP contribution in [0, 0.1) is 6.92 Å². The number of anilines is 6. The van der Waals surface area contributed by atoms with Crippen molar-refractivity contribution in [2.45, 2.75) is 38.6 Å². The first kappa shape index (κ1) is 28.6. The van der Waals surface area contributed by atoms with E-state index in [0.717, 1.165) is 52.2 Å². The molecular formula is C29H38BrN7O2S. The zero-order chi connectivity index (χ0) is 28.1. The molecule has 3 heterocycles. The maximum Gasteiger partial charge on any atom is 0.229 e. The Bertz CT molecular complexity index is 1310. The summed E-state index contributed by atoms with van der Waals surface area (Å²) in [7, 11) is 3.36. The summed E-state index contributed by atoms with van der Waals surface area (Å²) in [6.45, 7) is 6.83. The summed E-state index contributed by atoms with van der Waals surface area (Å²) in [5.74, 6) is 2.60. The van der Waals surface area contributed by atoms with Crippen LogP contribution in [0.2, 0.25) is 0 Å². The van der Waals surface area contributed by atoms with Crippen molar-refractivity contribution < 1.29 is 9.47 Å². The standard InChI is InChI=1S/C29H38BrN7O2S/c1-19-16-23(26(39-3)17-24(19)37-14-10-20(11-15-37)36-12-5-6-13-36)33-29-31-18-21(30)28(34-29)32-22-8-7-9-25(38-2)27(22)35-40-4/h7-9,16-18,20,35H,5-6,10-15H2,1-4H3,(H2,31,32,33,34). The zero-order valence-electron chi connectivity index (χ0n) is 23.6. The number of ether oxygens (including phenoxy) is 2. The normalized spacial score (nSPS) is 16.2. The number of para-hydroxylation sites is 1. The zero-order valence-corrected chi connectivity index (χ0v) is 26.0. The average Bonchev–Trinajstić information content (AvgIpc) is 3.51. The van der Waals surface area contributed by atoms with Crippen molar-refractivity contribution in [2.75, 3.05) is 66.9 Å². The Morgan fingerprint density at radius 2 is 1.73 bits per heavy atom. The number of halogens is 1. The molecule has 0 aliphatic carbocycles. The highest BCUT2D eigenvalue weighted by molar-refractivity contribution is 9.10. The fourth-order valence-electron chi connectivity index (χ4n) is 5.64. The number of methoxy groups -OCH3 is 2. The maximum atomic E-state index is 5.82. The maximum absolute atomic E-state index is 5.82. The minimum atomic E-state index is 0.463. The first-order chi connectivity index (χ1) is 19.5. The number of hydrogen-bond donors (Lipinski definition) is 3. The summed E-state index contributed by atoms with van der Waals surface area (Å²) >= 11 is 5.08. The molecule has 2 fully saturated rings. The van der Waals surface area contributed by atoms with Gasteiger partial charge >= 0.3 is 0 Å². The predicted octanol–water partition coefficient (Wildman–Crippen LogP) is 6.81. The second-order valence-electron chi connectivity index (χ2n) is 10.1. The van der Waals surface area contributed by atoms with Crippen molar-refractivity contribution in [3.8, 4) is 11.5 Å². The summed E-state index contributed by atoms with van der Waals surface area (Å²) in [5, 5.41) is 6.78. The van der Waals surface area contributed by atoms with Gasteiger partial charge in [-0.25, -0.2) is 4.98 Å². The van der Waals surface area contributed by atoms with Crippen molar-refractivity contribution in [1.29, 1.82) is 0 Å². The molecule has 2 aliphatic heterocycles. The van der Waals surface area contributed by atoms with Crippen LogP contribution in [0.1, 0.15) is 31.2 Å². The minimum absolute atomic E-state index is 0.463. The molecule has 11 heteroatoms. The van der Waals surface area contributed by atoms with Crippen molar-refractivity contribution in [1.82, 2.24) is 14.9 Å². The SMILES string of the molecule is COc1cc(N2CCC(N3CCCC3)CC2)c(C)cc1Nc1ncc(Br)c(Nc2cccc(OC)c2NSC)n1. The van der Waals surface area contributed by atoms with E-state index < -0.39 is 0 Å². The predicted molar refractivity (Wildman–Crippen MR) is 170 cm³/mol. The van der Waals surface area contributed by atoms with Crippen LogP contribution in [0.4, 0.5) is 34.5 Å². The van der Waals surface area contributed by atoms with Crippen LogP contribution in [0.5, 0.6) is 11.5 Å². The average molecular weight is 629 g/mol. The Morgan fingerprint density at radius 1 is 0.975 bits per heavy atom. The van der Waals surface area contributed by atoms with Crippen molar-refractivity contribution in [2.24, 2.45) is 0 Å². The Kier molecular flexibility index (Phi) is 9.44. The van der Waals surface area contributed by atoms with Crippen molar-refractivity contribution in [3.63, 3.8) is 0 Å². The summed E-state index contributed by atoms with van der Waals surface area (Å²) in [5.41, 5.74) is 4.94. The van der Waals surface area contributed by atoms with E-state index in [4.69, 9.17) is 14.5 Å². The van der Waals surface area contributed by atoms with Gasteiger partial charge in [0.1, 0.15) is 23.0 Å². The molecule has 1 aromatic heterocycles. The molecule has 0 unspecified atom stereocenters. The number of nitrogens with zero attached hydrogens (tertiary/aromatic N) is 4. The lowest BCUT2D eigenvalue weighted by molar-refractivity contribution is 0.208. The van der Waals surface area contributed by atoms with Crippen molar-refractivity contribution in [3.05, 3.63) is 46.6 Å². The number of piperidine rings is 1. The highest BCUT2D eigenvalue weighted by atomic mass is 79.9. The third-order valence-electron chi connectivity index (χ3n) is 7.67. The molecule has 3 aromatic rings. The smallest absolute Gasteiger partial charge is 0.229 e. The van der Waals surface area contributed by atoms with Gasteiger partial charge in [0.2, 0.25) is 5.95 Å². The van der Waals surface area contributed by atoms with Gasteiger partial charge in [0, 0.05) is 43.3 Å². The van der Waals surface area contributed by atoms with Gasteiger partial charge in [-0.1, -0.05) is 18.0 Å². The number of aromatic nitrogens is 2. The molecule has 0 radical (unpaired) electrons. The molecule has 2 aromatic carbocycles. The molecule has 0 bridgehead atoms. The first-order valence-corrected chi connectivity index (χ1v) is 15.7. The van der Waals surface area contributed by atoms with Crippen LogP contribution >= 0.6 is 27.9 Å². The van der Waals surface area contributed by atoms with E-state index in [1.165, 1.54) is 62.0 Å². The quantitative estimate of drug-likeness (QED) is 0.208. The molecule has 0 amide bonds. The minimum Gasteiger partial charge on any atom is -0.494 e. The van der Waals surface area contributed by atoms with Gasteiger partial charge in [-0.3, -0.25) is 0 Å². The van der Waals surface area contributed by atoms with Gasteiger partial charge in [-0.15, -0.1) is 0 Å². The second kappa shape index (κ2) is 13.2. The molecule has 2 aliphatic rings. The highest BCUT2D eigenvalue weighted by Crippen LogP contribution is 2.39. The van der Waals surface area contributed by atoms with E-state index in [1.54, 1.807) is 20.4 Å². The molecule has 0 saturated carbocycles. The fraction of sp³-hybridized carbons (Fsp3) is 0.448. The lowest BCUT2D eigenvalue weighted by atomic mass is 10.0. The number of likely N-dealkylation sites (tertiary alicyclic amines) is 1. The van der Waals surface area contributed by atoms with E-state index in [-0.39, 0.29) is 0 Å². The van der Waals surface area contributed by atoms with Gasteiger partial charge in [0.25, 0.3) is 0 Å². The van der Waals surface area contributed by atoms with Crippen molar-refractivity contribution >= 4 is 62.4 Å². The number of nitrogens with one attached hydrogen (secondary N) is 3. The van der Waals surface area contributed by atoms with E-state index in [1.807, 2.05) is 24.5 Å². The van der Waals surface area contributed by atoms with Crippen LogP contribution < -0.4 is 29.7 Å². The third-order valence-corrected chi connectivity index (χ3v) is 8.66. The van der Waals surface area contributed by atoms with E-state index in [0.29, 0.717) is 11.8 Å². The largest absolute Gasteiger partial charge is 0.494 e. The van der Waals surface area contributed by atoms with Gasteiger partial charge in [-0.2, -0.15) is 4.98 Å². The van der Waals surface area contributed by atoms with Gasteiger partial charge in [0.15, 0.2) is 0 Å². The van der Waals surface area contributed by atoms with Gasteiger partial charge in [0.05, 0.1) is 30.1 Å². The molecular weight excluding hydrogens is 590 g/mol. The number of hydrogen-bond acceptors (Lipinski definition) is 10. The molecule has 214 valence electrons. The van der Waals surface area contributed by atoms with Crippen LogP contribution in [-0.4, -0.2) is 67.6 Å². The Hall–Kier alpha value is -2.89. The van der Waals surface area contributed by atoms with E-state index >= 15 is 0 Å². The molecule has 0 spiro atoms. The highest BCUT2D eigenvalue weighted by Gasteiger charge is 2.27. The number of rotatable bonds is 10. The Labute approximate surface area is 249 Å². The fourth-order valence-corrected chi connectivity index (χ4v) is 6.34. The van der Waals surface area contributed by atoms with Crippen LogP contribution in [0.3, 0.4) is 0 Å². The molecule has 9 nitrogen and oxygen atoms in total. The van der Waals surface area contributed by atoms with Crippen LogP contribution in [-0.2, 0) is 0 Å². The van der Waals surface area contributed by atoms with E-state index in [9.17, 15) is 0 Å². The molecule has 2 saturated heterocycles. The lowest BCUT2D eigenvalue weighted by Crippen LogP contribution is -2.44. The lowest BCUT2D eigenvalue weighted by Gasteiger charge is -2.38. The third kappa shape index (κ3) is 6.37. The summed E-state index contributed by atoms with van der Waals surface area (Å²) in [4.78, 5) is 14.5. The first-order valence-electron chi connectivity index (χ1n) is 13.7. The van der Waals surface area contributed by atoms with Crippen LogP contribution in [0.25, 0.3) is 0 Å². The van der Waals surface area contributed by atoms with Gasteiger partial charge < -0.3 is 34.6 Å². The van der Waals surface area contributed by atoms with Crippen LogP contribution in [0.15, 0.2) is 41.0 Å². The Morgan fingerprint density at radius 3 is 2.42 bits per heavy atom. The summed E-state index contributed by atoms with van der Waals surface area (Å²) in [6, 6.07) is 10.8. The van der Waals surface area contributed by atoms with Gasteiger partial charge in [-0.05, 0) is 85.4 Å². The number of aryl methyl sites for hydroxylation is 1. The molecule has 3 N–H and O–H groups in total. The number of benzene rings is 2. The Balaban J connectivity index is 1.33. The summed E-state index contributed by atoms with van der Waals surface area (Å²) in [6.07, 6.45) is 8.83. The monoisotopic (exact) mass is 627 g/mol. The molecule has 40 heavy (non-hydrogen) atoms. The second-order valence-corrected chi connectivity index (χ2v) is 11.6. The summed E-state index contributed by atoms with van der Waals surface area (Å²) < 4.78 is 15.4. The van der Waals surface area contributed by atoms with E-state index in [2.05, 4.69) is 65.1 Å². The molecule has 5 rings (SSSR count).